The van der Waals surface area contributed by atoms with Gasteiger partial charge in [-0.1, -0.05) is 18.2 Å². The summed E-state index contributed by atoms with van der Waals surface area (Å²) in [5, 5.41) is 28.1. The van der Waals surface area contributed by atoms with Crippen LogP contribution in [0.15, 0.2) is 67.7 Å². The predicted octanol–water partition coefficient (Wildman–Crippen LogP) is 2.94. The highest BCUT2D eigenvalue weighted by atomic mass is 16.3. The summed E-state index contributed by atoms with van der Waals surface area (Å²) in [6, 6.07) is 7.79. The lowest BCUT2D eigenvalue weighted by molar-refractivity contribution is 0.0223. The Morgan fingerprint density at radius 1 is 1.10 bits per heavy atom. The van der Waals surface area contributed by atoms with Crippen LogP contribution in [0, 0.1) is 6.92 Å². The van der Waals surface area contributed by atoms with Crippen molar-refractivity contribution in [1.82, 2.24) is 14.9 Å². The van der Waals surface area contributed by atoms with Gasteiger partial charge in [0, 0.05) is 16.7 Å². The van der Waals surface area contributed by atoms with Crippen LogP contribution in [0.1, 0.15) is 24.4 Å². The molecule has 3 aliphatic rings. The van der Waals surface area contributed by atoms with E-state index in [-0.39, 0.29) is 6.04 Å². The number of aryl methyl sites for hydroxylation is 1. The maximum Gasteiger partial charge on any atom is 0.143 e. The average Bonchev–Trinajstić information content (AvgIpc) is 3.40. The fourth-order valence-corrected chi connectivity index (χ4v) is 4.10. The van der Waals surface area contributed by atoms with E-state index in [1.165, 1.54) is 0 Å². The van der Waals surface area contributed by atoms with Crippen LogP contribution < -0.4 is 0 Å². The van der Waals surface area contributed by atoms with Crippen LogP contribution in [-0.2, 0) is 6.54 Å². The summed E-state index contributed by atoms with van der Waals surface area (Å²) >= 11 is 0. The lowest BCUT2D eigenvalue weighted by Gasteiger charge is -2.38. The third-order valence-electron chi connectivity index (χ3n) is 5.50. The van der Waals surface area contributed by atoms with Crippen molar-refractivity contribution in [3.05, 3.63) is 58.8 Å². The van der Waals surface area contributed by atoms with Crippen molar-refractivity contribution >= 4 is 23.3 Å². The number of hydrogen-bond acceptors (Lipinski definition) is 8. The minimum atomic E-state index is -0.509. The molecule has 1 aromatic heterocycles. The van der Waals surface area contributed by atoms with E-state index in [1.54, 1.807) is 12.4 Å². The second kappa shape index (κ2) is 7.38. The van der Waals surface area contributed by atoms with Crippen molar-refractivity contribution in [1.29, 1.82) is 0 Å². The van der Waals surface area contributed by atoms with Crippen LogP contribution in [0.4, 0.5) is 0 Å². The summed E-state index contributed by atoms with van der Waals surface area (Å²) in [4.78, 5) is 11.7. The van der Waals surface area contributed by atoms with Gasteiger partial charge >= 0.3 is 0 Å². The summed E-state index contributed by atoms with van der Waals surface area (Å²) in [7, 11) is 0. The standard InChI is InChI=1S/C21H21N7O/c1-13-15-5-2-3-6-16(15)25-20(24-13)12-28-8-4-7-19(29)21(28)18-9-17(26-27-18)14-10-22-23-11-14/h2-3,5-6,9-11,19,21,29H,4,7-8,12H2,1H3. The highest BCUT2D eigenvalue weighted by Gasteiger charge is 2.35. The van der Waals surface area contributed by atoms with Crippen LogP contribution in [0.25, 0.3) is 10.9 Å². The highest BCUT2D eigenvalue weighted by Crippen LogP contribution is 2.31. The van der Waals surface area contributed by atoms with E-state index in [0.717, 1.165) is 58.8 Å². The van der Waals surface area contributed by atoms with Gasteiger partial charge in [-0.05, 0) is 38.5 Å². The lowest BCUT2D eigenvalue weighted by Crippen LogP contribution is -2.48. The first kappa shape index (κ1) is 18.0. The molecule has 1 N–H and O–H groups in total. The van der Waals surface area contributed by atoms with Crippen LogP contribution in [0.3, 0.4) is 0 Å². The van der Waals surface area contributed by atoms with E-state index in [2.05, 4.69) is 25.3 Å². The van der Waals surface area contributed by atoms with Gasteiger partial charge in [0.05, 0.1) is 48.0 Å². The Bertz CT molecular complexity index is 1100. The van der Waals surface area contributed by atoms with Crippen molar-refractivity contribution in [3.63, 3.8) is 0 Å². The van der Waals surface area contributed by atoms with Gasteiger partial charge in [0.15, 0.2) is 0 Å². The number of aromatic nitrogens is 2. The molecule has 0 radical (unpaired) electrons. The van der Waals surface area contributed by atoms with Gasteiger partial charge < -0.3 is 5.11 Å². The fraction of sp³-hybridized carbons (Fsp3) is 0.333. The quantitative estimate of drug-likeness (QED) is 0.875. The van der Waals surface area contributed by atoms with E-state index in [0.29, 0.717) is 6.54 Å². The van der Waals surface area contributed by atoms with E-state index in [9.17, 15) is 5.11 Å². The number of benzene rings is 1. The molecule has 0 bridgehead atoms. The summed E-state index contributed by atoms with van der Waals surface area (Å²) in [6.07, 6.45) is 6.38. The molecule has 1 fully saturated rings. The summed E-state index contributed by atoms with van der Waals surface area (Å²) in [5.41, 5.74) is 4.21. The molecule has 2 aromatic rings. The number of piperidine rings is 1. The zero-order valence-corrected chi connectivity index (χ0v) is 16.1. The Morgan fingerprint density at radius 2 is 1.93 bits per heavy atom. The average molecular weight is 387 g/mol. The molecule has 2 atom stereocenters. The first-order valence-corrected chi connectivity index (χ1v) is 9.77. The first-order valence-electron chi connectivity index (χ1n) is 9.77. The monoisotopic (exact) mass is 387 g/mol. The molecule has 8 nitrogen and oxygen atoms in total. The summed E-state index contributed by atoms with van der Waals surface area (Å²) < 4.78 is 0. The van der Waals surface area contributed by atoms with Crippen LogP contribution in [0.5, 0.6) is 0 Å². The zero-order valence-electron chi connectivity index (χ0n) is 16.1. The summed E-state index contributed by atoms with van der Waals surface area (Å²) in [5.74, 6) is 0.754. The number of hydrogen-bond donors (Lipinski definition) is 1. The third kappa shape index (κ3) is 3.41. The third-order valence-corrected chi connectivity index (χ3v) is 5.50. The molecular formula is C21H21N7O. The van der Waals surface area contributed by atoms with Gasteiger partial charge in [-0.2, -0.15) is 20.4 Å². The minimum absolute atomic E-state index is 0.240. The van der Waals surface area contributed by atoms with Gasteiger partial charge in [0.2, 0.25) is 0 Å². The minimum Gasteiger partial charge on any atom is -0.391 e. The van der Waals surface area contributed by atoms with E-state index >= 15 is 0 Å². The Hall–Kier alpha value is -3.10. The van der Waals surface area contributed by atoms with Gasteiger partial charge in [0.25, 0.3) is 0 Å². The molecule has 29 heavy (non-hydrogen) atoms. The maximum atomic E-state index is 10.8. The van der Waals surface area contributed by atoms with Gasteiger partial charge in [-0.3, -0.25) is 4.90 Å². The number of para-hydroxylation sites is 1. The largest absolute Gasteiger partial charge is 0.391 e. The van der Waals surface area contributed by atoms with Crippen molar-refractivity contribution in [2.24, 2.45) is 20.4 Å². The SMILES string of the molecule is Cc1nc(CN2CCCC(O)C2C2=CC(=C3C=NN=C3)N=N2)nc2ccccc12. The predicted molar refractivity (Wildman–Crippen MR) is 111 cm³/mol. The number of rotatable bonds is 3. The van der Waals surface area contributed by atoms with Crippen LogP contribution in [-0.4, -0.2) is 51.1 Å². The van der Waals surface area contributed by atoms with Crippen molar-refractivity contribution in [3.8, 4) is 0 Å². The molecular weight excluding hydrogens is 366 g/mol. The number of azo groups is 1. The Labute approximate surface area is 168 Å². The van der Waals surface area contributed by atoms with Gasteiger partial charge in [-0.15, -0.1) is 0 Å². The molecule has 0 aliphatic carbocycles. The van der Waals surface area contributed by atoms with Gasteiger partial charge in [0.1, 0.15) is 5.82 Å². The summed E-state index contributed by atoms with van der Waals surface area (Å²) in [6.45, 7) is 3.40. The number of allylic oxidation sites excluding steroid dienone is 2. The smallest absolute Gasteiger partial charge is 0.143 e. The molecule has 0 saturated carbocycles. The fourth-order valence-electron chi connectivity index (χ4n) is 4.10. The van der Waals surface area contributed by atoms with Crippen molar-refractivity contribution < 1.29 is 5.11 Å². The van der Waals surface area contributed by atoms with E-state index in [4.69, 9.17) is 9.97 Å². The number of nitrogens with zero attached hydrogens (tertiary/aromatic N) is 7. The molecule has 2 unspecified atom stereocenters. The number of aliphatic hydroxyl groups excluding tert-OH is 1. The molecule has 3 aliphatic heterocycles. The van der Waals surface area contributed by atoms with Crippen molar-refractivity contribution in [2.75, 3.05) is 6.54 Å². The molecule has 0 amide bonds. The molecule has 1 saturated heterocycles. The maximum absolute atomic E-state index is 10.8. The second-order valence-corrected chi connectivity index (χ2v) is 7.47. The molecule has 1 aromatic carbocycles. The second-order valence-electron chi connectivity index (χ2n) is 7.47. The normalized spacial score (nSPS) is 24.1. The lowest BCUT2D eigenvalue weighted by atomic mass is 9.95. The zero-order chi connectivity index (χ0) is 19.8. The topological polar surface area (TPSA) is 98.7 Å². The highest BCUT2D eigenvalue weighted by molar-refractivity contribution is 6.07. The van der Waals surface area contributed by atoms with E-state index < -0.39 is 6.10 Å². The first-order chi connectivity index (χ1) is 14.2. The van der Waals surface area contributed by atoms with Crippen LogP contribution in [0.2, 0.25) is 0 Å². The van der Waals surface area contributed by atoms with Crippen molar-refractivity contribution in [2.45, 2.75) is 38.5 Å². The van der Waals surface area contributed by atoms with Crippen LogP contribution >= 0.6 is 0 Å². The Balaban J connectivity index is 1.45. The molecule has 5 rings (SSSR count). The molecule has 4 heterocycles. The molecule has 8 heteroatoms. The Morgan fingerprint density at radius 3 is 2.79 bits per heavy atom. The Kier molecular flexibility index (Phi) is 4.57. The van der Waals surface area contributed by atoms with E-state index in [1.807, 2.05) is 37.3 Å². The van der Waals surface area contributed by atoms with Gasteiger partial charge in [-0.25, -0.2) is 9.97 Å². The molecule has 0 spiro atoms. The molecule has 146 valence electrons. The number of aliphatic hydroxyl groups is 1. The number of fused-ring (bicyclic) bond motifs is 1. The number of likely N-dealkylation sites (tertiary alicyclic amines) is 1.